The molecule has 3 aliphatic rings. The second-order valence-electron chi connectivity index (χ2n) is 11.3. The number of nitrogens with zero attached hydrogens (tertiary/aromatic N) is 2. The molecule has 0 bridgehead atoms. The lowest BCUT2D eigenvalue weighted by Gasteiger charge is -2.38. The molecule has 1 saturated heterocycles. The van der Waals surface area contributed by atoms with Gasteiger partial charge in [-0.25, -0.2) is 0 Å². The van der Waals surface area contributed by atoms with Crippen LogP contribution in [0.3, 0.4) is 0 Å². The van der Waals surface area contributed by atoms with E-state index in [9.17, 15) is 9.90 Å². The highest BCUT2D eigenvalue weighted by Crippen LogP contribution is 2.35. The smallest absolute Gasteiger partial charge is 0.317 e. The fourth-order valence-corrected chi connectivity index (χ4v) is 6.81. The lowest BCUT2D eigenvalue weighted by molar-refractivity contribution is -0.140. The van der Waals surface area contributed by atoms with Gasteiger partial charge in [0.15, 0.2) is 0 Å². The minimum atomic E-state index is -0.645. The van der Waals surface area contributed by atoms with Gasteiger partial charge in [-0.1, -0.05) is 55.5 Å². The van der Waals surface area contributed by atoms with Gasteiger partial charge in [0, 0.05) is 18.6 Å². The topological polar surface area (TPSA) is 43.8 Å². The van der Waals surface area contributed by atoms with Crippen LogP contribution in [0.2, 0.25) is 0 Å². The molecule has 0 radical (unpaired) electrons. The van der Waals surface area contributed by atoms with Crippen LogP contribution < -0.4 is 0 Å². The third-order valence-electron chi connectivity index (χ3n) is 8.77. The molecule has 2 aliphatic carbocycles. The molecule has 1 aromatic rings. The fourth-order valence-electron chi connectivity index (χ4n) is 6.81. The van der Waals surface area contributed by atoms with E-state index in [1.165, 1.54) is 114 Å². The van der Waals surface area contributed by atoms with E-state index >= 15 is 0 Å². The second kappa shape index (κ2) is 12.4. The highest BCUT2D eigenvalue weighted by atomic mass is 16.4. The minimum absolute atomic E-state index is 0.246. The van der Waals surface area contributed by atoms with Crippen molar-refractivity contribution in [1.29, 1.82) is 0 Å². The van der Waals surface area contributed by atoms with E-state index in [1.54, 1.807) is 0 Å². The van der Waals surface area contributed by atoms with E-state index in [-0.39, 0.29) is 6.54 Å². The molecule has 4 heteroatoms. The molecule has 2 saturated carbocycles. The SMILES string of the molecule is Cc1ccc(CCCC2CCN(C[C@@H]3CCC(N(CC(=O)O)C4CCCCC4)C3)CC2)cc1. The summed E-state index contributed by atoms with van der Waals surface area (Å²) in [6.07, 6.45) is 16.6. The number of aryl methyl sites for hydroxylation is 2. The van der Waals surface area contributed by atoms with Gasteiger partial charge in [-0.3, -0.25) is 9.69 Å². The Morgan fingerprint density at radius 3 is 2.36 bits per heavy atom. The summed E-state index contributed by atoms with van der Waals surface area (Å²) in [6.45, 7) is 6.16. The van der Waals surface area contributed by atoms with Crippen LogP contribution in [-0.2, 0) is 11.2 Å². The van der Waals surface area contributed by atoms with Gasteiger partial charge in [-0.15, -0.1) is 0 Å². The van der Waals surface area contributed by atoms with Crippen molar-refractivity contribution in [3.63, 3.8) is 0 Å². The summed E-state index contributed by atoms with van der Waals surface area (Å²) in [5.41, 5.74) is 2.84. The number of rotatable bonds is 10. The Hall–Kier alpha value is -1.39. The monoisotopic (exact) mass is 454 g/mol. The largest absolute Gasteiger partial charge is 0.480 e. The van der Waals surface area contributed by atoms with Gasteiger partial charge < -0.3 is 10.0 Å². The maximum absolute atomic E-state index is 11.6. The molecule has 1 unspecified atom stereocenters. The summed E-state index contributed by atoms with van der Waals surface area (Å²) in [4.78, 5) is 16.7. The lowest BCUT2D eigenvalue weighted by Crippen LogP contribution is -2.46. The number of piperidine rings is 1. The number of aliphatic carboxylic acids is 1. The van der Waals surface area contributed by atoms with Crippen molar-refractivity contribution >= 4 is 5.97 Å². The number of hydrogen-bond acceptors (Lipinski definition) is 3. The Morgan fingerprint density at radius 2 is 1.67 bits per heavy atom. The number of likely N-dealkylation sites (tertiary alicyclic amines) is 1. The number of benzene rings is 1. The molecule has 1 aliphatic heterocycles. The van der Waals surface area contributed by atoms with E-state index < -0.39 is 5.97 Å². The minimum Gasteiger partial charge on any atom is -0.480 e. The van der Waals surface area contributed by atoms with Crippen LogP contribution in [0.4, 0.5) is 0 Å². The Kier molecular flexibility index (Phi) is 9.26. The molecule has 3 fully saturated rings. The first kappa shape index (κ1) is 24.7. The molecular formula is C29H46N2O2. The van der Waals surface area contributed by atoms with Crippen LogP contribution in [0.15, 0.2) is 24.3 Å². The molecule has 4 rings (SSSR count). The van der Waals surface area contributed by atoms with Crippen molar-refractivity contribution in [3.8, 4) is 0 Å². The quantitative estimate of drug-likeness (QED) is 0.477. The van der Waals surface area contributed by atoms with Gasteiger partial charge >= 0.3 is 5.97 Å². The standard InChI is InChI=1S/C29H46N2O2/c1-23-10-12-24(13-11-23)6-5-7-25-16-18-30(19-17-25)21-26-14-15-28(20-26)31(22-29(32)33)27-8-3-2-4-9-27/h10-13,25-28H,2-9,14-22H2,1H3,(H,32,33)/t26-,28?/m1/s1. The molecule has 1 N–H and O–H groups in total. The third kappa shape index (κ3) is 7.55. The molecule has 2 atom stereocenters. The zero-order chi connectivity index (χ0) is 23.0. The maximum Gasteiger partial charge on any atom is 0.317 e. The zero-order valence-corrected chi connectivity index (χ0v) is 20.9. The Bertz CT molecular complexity index is 720. The summed E-state index contributed by atoms with van der Waals surface area (Å²) in [5, 5.41) is 9.51. The third-order valence-corrected chi connectivity index (χ3v) is 8.77. The summed E-state index contributed by atoms with van der Waals surface area (Å²) in [7, 11) is 0. The Morgan fingerprint density at radius 1 is 0.939 bits per heavy atom. The normalized spacial score (nSPS) is 25.6. The van der Waals surface area contributed by atoms with E-state index in [4.69, 9.17) is 0 Å². The van der Waals surface area contributed by atoms with Crippen molar-refractivity contribution in [2.75, 3.05) is 26.2 Å². The lowest BCUT2D eigenvalue weighted by atomic mass is 9.90. The van der Waals surface area contributed by atoms with Gasteiger partial charge in [0.05, 0.1) is 6.54 Å². The number of carboxylic acids is 1. The molecule has 1 aromatic carbocycles. The van der Waals surface area contributed by atoms with Crippen molar-refractivity contribution < 1.29 is 9.90 Å². The van der Waals surface area contributed by atoms with Crippen LogP contribution in [0, 0.1) is 18.8 Å². The van der Waals surface area contributed by atoms with Crippen molar-refractivity contribution in [3.05, 3.63) is 35.4 Å². The molecule has 4 nitrogen and oxygen atoms in total. The Labute approximate surface area is 201 Å². The summed E-state index contributed by atoms with van der Waals surface area (Å²) >= 11 is 0. The number of hydrogen-bond donors (Lipinski definition) is 1. The molecule has 184 valence electrons. The van der Waals surface area contributed by atoms with Gasteiger partial charge in [-0.2, -0.15) is 0 Å². The van der Waals surface area contributed by atoms with Crippen molar-refractivity contribution in [2.45, 2.75) is 102 Å². The average Bonchev–Trinajstić information content (AvgIpc) is 3.28. The van der Waals surface area contributed by atoms with Crippen LogP contribution in [0.1, 0.15) is 88.2 Å². The molecule has 1 heterocycles. The van der Waals surface area contributed by atoms with Gasteiger partial charge in [0.1, 0.15) is 0 Å². The summed E-state index contributed by atoms with van der Waals surface area (Å²) in [6, 6.07) is 10.1. The number of carbonyl (C=O) groups is 1. The highest BCUT2D eigenvalue weighted by Gasteiger charge is 2.35. The predicted octanol–water partition coefficient (Wildman–Crippen LogP) is 5.92. The molecule has 0 spiro atoms. The summed E-state index contributed by atoms with van der Waals surface area (Å²) in [5.74, 6) is 1.02. The van der Waals surface area contributed by atoms with Crippen molar-refractivity contribution in [2.24, 2.45) is 11.8 Å². The Balaban J connectivity index is 1.16. The van der Waals surface area contributed by atoms with Crippen LogP contribution in [0.25, 0.3) is 0 Å². The van der Waals surface area contributed by atoms with Crippen LogP contribution in [0.5, 0.6) is 0 Å². The van der Waals surface area contributed by atoms with Gasteiger partial charge in [-0.05, 0) is 95.2 Å². The van der Waals surface area contributed by atoms with E-state index in [2.05, 4.69) is 41.0 Å². The molecule has 0 aromatic heterocycles. The van der Waals surface area contributed by atoms with Crippen LogP contribution >= 0.6 is 0 Å². The second-order valence-corrected chi connectivity index (χ2v) is 11.3. The zero-order valence-electron chi connectivity index (χ0n) is 20.9. The first-order chi connectivity index (χ1) is 16.1. The van der Waals surface area contributed by atoms with E-state index in [0.717, 1.165) is 11.8 Å². The average molecular weight is 455 g/mol. The molecule has 0 amide bonds. The predicted molar refractivity (Wildman–Crippen MR) is 136 cm³/mol. The van der Waals surface area contributed by atoms with Gasteiger partial charge in [0.25, 0.3) is 0 Å². The highest BCUT2D eigenvalue weighted by molar-refractivity contribution is 5.69. The first-order valence-electron chi connectivity index (χ1n) is 13.8. The molecule has 33 heavy (non-hydrogen) atoms. The van der Waals surface area contributed by atoms with Crippen LogP contribution in [-0.4, -0.2) is 59.1 Å². The molecular weight excluding hydrogens is 408 g/mol. The first-order valence-corrected chi connectivity index (χ1v) is 13.8. The number of carboxylic acid groups (broad SMARTS) is 1. The maximum atomic E-state index is 11.6. The fraction of sp³-hybridized carbons (Fsp3) is 0.759. The van der Waals surface area contributed by atoms with E-state index in [0.29, 0.717) is 12.1 Å². The van der Waals surface area contributed by atoms with E-state index in [1.807, 2.05) is 0 Å². The van der Waals surface area contributed by atoms with Crippen molar-refractivity contribution in [1.82, 2.24) is 9.80 Å². The van der Waals surface area contributed by atoms with Gasteiger partial charge in [0.2, 0.25) is 0 Å². The summed E-state index contributed by atoms with van der Waals surface area (Å²) < 4.78 is 0.